The second kappa shape index (κ2) is 8.75. The summed E-state index contributed by atoms with van der Waals surface area (Å²) >= 11 is 0. The largest absolute Gasteiger partial charge is 0.350 e. The van der Waals surface area contributed by atoms with E-state index in [1.807, 2.05) is 0 Å². The Morgan fingerprint density at radius 3 is 2.42 bits per heavy atom. The predicted octanol–water partition coefficient (Wildman–Crippen LogP) is 2.57. The van der Waals surface area contributed by atoms with Crippen molar-refractivity contribution in [2.75, 3.05) is 23.3 Å². The summed E-state index contributed by atoms with van der Waals surface area (Å²) in [7, 11) is 0. The zero-order chi connectivity index (χ0) is 19.1. The van der Waals surface area contributed by atoms with E-state index < -0.39 is 11.7 Å². The third-order valence-electron chi connectivity index (χ3n) is 3.60. The smallest absolute Gasteiger partial charge is 0.254 e. The van der Waals surface area contributed by atoms with Crippen molar-refractivity contribution >= 4 is 29.1 Å². The van der Waals surface area contributed by atoms with Gasteiger partial charge in [0.25, 0.3) is 5.91 Å². The first-order chi connectivity index (χ1) is 12.4. The van der Waals surface area contributed by atoms with Gasteiger partial charge in [-0.1, -0.05) is 18.2 Å². The van der Waals surface area contributed by atoms with Crippen molar-refractivity contribution in [3.8, 4) is 0 Å². The fraction of sp³-hybridized carbons (Fsp3) is 0.211. The Morgan fingerprint density at radius 1 is 1.04 bits per heavy atom. The highest BCUT2D eigenvalue weighted by atomic mass is 19.1. The van der Waals surface area contributed by atoms with Crippen molar-refractivity contribution in [1.29, 1.82) is 0 Å². The Balaban J connectivity index is 2.03. The lowest BCUT2D eigenvalue weighted by molar-refractivity contribution is -0.116. The van der Waals surface area contributed by atoms with Gasteiger partial charge < -0.3 is 15.5 Å². The van der Waals surface area contributed by atoms with E-state index >= 15 is 0 Å². The number of halogens is 1. The first kappa shape index (κ1) is 19.1. The first-order valence-electron chi connectivity index (χ1n) is 8.07. The lowest BCUT2D eigenvalue weighted by atomic mass is 10.2. The molecule has 0 bridgehead atoms. The zero-order valence-corrected chi connectivity index (χ0v) is 14.6. The van der Waals surface area contributed by atoms with Gasteiger partial charge in [-0.15, -0.1) is 0 Å². The van der Waals surface area contributed by atoms with Crippen LogP contribution in [0, 0.1) is 5.82 Å². The molecule has 6 nitrogen and oxygen atoms in total. The average molecular weight is 357 g/mol. The number of anilines is 2. The van der Waals surface area contributed by atoms with Crippen LogP contribution in [0.1, 0.15) is 24.2 Å². The molecule has 0 spiro atoms. The summed E-state index contributed by atoms with van der Waals surface area (Å²) in [5, 5.41) is 5.25. The number of nitrogens with one attached hydrogen (secondary N) is 2. The third kappa shape index (κ3) is 5.14. The average Bonchev–Trinajstić information content (AvgIpc) is 2.58. The molecule has 0 aromatic heterocycles. The summed E-state index contributed by atoms with van der Waals surface area (Å²) in [5.74, 6) is -1.58. The monoisotopic (exact) mass is 357 g/mol. The Bertz CT molecular complexity index is 823. The van der Waals surface area contributed by atoms with Crippen molar-refractivity contribution in [3.05, 3.63) is 59.9 Å². The van der Waals surface area contributed by atoms with E-state index in [0.717, 1.165) is 0 Å². The van der Waals surface area contributed by atoms with Gasteiger partial charge in [0.05, 0.1) is 5.56 Å². The van der Waals surface area contributed by atoms with Gasteiger partial charge in [-0.25, -0.2) is 4.39 Å². The molecule has 0 saturated carbocycles. The van der Waals surface area contributed by atoms with Crippen LogP contribution >= 0.6 is 0 Å². The Hall–Kier alpha value is -3.22. The standard InChI is InChI=1S/C19H20FN3O3/c1-13(24)22-15-6-5-7-16(12-15)23(14(2)25)11-10-21-19(26)17-8-3-4-9-18(17)20/h3-9,12H,10-11H2,1-2H3,(H,21,26)(H,22,24). The van der Waals surface area contributed by atoms with Crippen LogP contribution in [0.15, 0.2) is 48.5 Å². The van der Waals surface area contributed by atoms with Crippen LogP contribution in [0.3, 0.4) is 0 Å². The van der Waals surface area contributed by atoms with Crippen molar-refractivity contribution in [1.82, 2.24) is 5.32 Å². The van der Waals surface area contributed by atoms with E-state index in [4.69, 9.17) is 0 Å². The zero-order valence-electron chi connectivity index (χ0n) is 14.6. The molecule has 2 N–H and O–H groups in total. The molecule has 3 amide bonds. The molecule has 0 saturated heterocycles. The van der Waals surface area contributed by atoms with E-state index in [-0.39, 0.29) is 30.5 Å². The summed E-state index contributed by atoms with van der Waals surface area (Å²) < 4.78 is 13.6. The number of amides is 3. The molecule has 0 radical (unpaired) electrons. The fourth-order valence-electron chi connectivity index (χ4n) is 2.44. The molecule has 0 aliphatic carbocycles. The van der Waals surface area contributed by atoms with E-state index in [2.05, 4.69) is 10.6 Å². The maximum Gasteiger partial charge on any atom is 0.254 e. The number of benzene rings is 2. The summed E-state index contributed by atoms with van der Waals surface area (Å²) in [6, 6.07) is 12.5. The molecule has 26 heavy (non-hydrogen) atoms. The minimum absolute atomic E-state index is 0.0467. The molecule has 2 aromatic rings. The minimum Gasteiger partial charge on any atom is -0.350 e. The lowest BCUT2D eigenvalue weighted by Crippen LogP contribution is -2.37. The van der Waals surface area contributed by atoms with Crippen molar-refractivity contribution < 1.29 is 18.8 Å². The van der Waals surface area contributed by atoms with E-state index in [0.29, 0.717) is 11.4 Å². The van der Waals surface area contributed by atoms with E-state index in [1.165, 1.54) is 36.9 Å². The van der Waals surface area contributed by atoms with Gasteiger partial charge >= 0.3 is 0 Å². The topological polar surface area (TPSA) is 78.5 Å². The lowest BCUT2D eigenvalue weighted by Gasteiger charge is -2.22. The molecule has 0 atom stereocenters. The molecule has 2 rings (SSSR count). The molecular weight excluding hydrogens is 337 g/mol. The quantitative estimate of drug-likeness (QED) is 0.834. The summed E-state index contributed by atoms with van der Waals surface area (Å²) in [4.78, 5) is 36.6. The van der Waals surface area contributed by atoms with Crippen LogP contribution in [0.2, 0.25) is 0 Å². The molecule has 0 heterocycles. The normalized spacial score (nSPS) is 10.1. The summed E-state index contributed by atoms with van der Waals surface area (Å²) in [6.07, 6.45) is 0. The highest BCUT2D eigenvalue weighted by Crippen LogP contribution is 2.19. The second-order valence-electron chi connectivity index (χ2n) is 5.64. The van der Waals surface area contributed by atoms with Crippen LogP contribution in [-0.2, 0) is 9.59 Å². The molecule has 7 heteroatoms. The Labute approximate surface area is 151 Å². The Morgan fingerprint density at radius 2 is 1.77 bits per heavy atom. The maximum atomic E-state index is 13.6. The van der Waals surface area contributed by atoms with Crippen LogP contribution in [0.25, 0.3) is 0 Å². The maximum absolute atomic E-state index is 13.6. The van der Waals surface area contributed by atoms with Gasteiger partial charge in [-0.3, -0.25) is 14.4 Å². The number of rotatable bonds is 6. The van der Waals surface area contributed by atoms with Crippen LogP contribution in [0.5, 0.6) is 0 Å². The third-order valence-corrected chi connectivity index (χ3v) is 3.60. The molecule has 0 fully saturated rings. The summed E-state index contributed by atoms with van der Waals surface area (Å²) in [6.45, 7) is 3.16. The van der Waals surface area contributed by atoms with Crippen molar-refractivity contribution in [2.24, 2.45) is 0 Å². The number of nitrogens with zero attached hydrogens (tertiary/aromatic N) is 1. The molecule has 0 aliphatic heterocycles. The van der Waals surface area contributed by atoms with Crippen LogP contribution in [0.4, 0.5) is 15.8 Å². The first-order valence-corrected chi connectivity index (χ1v) is 8.07. The van der Waals surface area contributed by atoms with E-state index in [9.17, 15) is 18.8 Å². The minimum atomic E-state index is -0.601. The van der Waals surface area contributed by atoms with Crippen molar-refractivity contribution in [3.63, 3.8) is 0 Å². The number of carbonyl (C=O) groups is 3. The van der Waals surface area contributed by atoms with Gasteiger partial charge in [0.2, 0.25) is 11.8 Å². The van der Waals surface area contributed by atoms with Gasteiger partial charge in [0.15, 0.2) is 0 Å². The molecule has 0 unspecified atom stereocenters. The summed E-state index contributed by atoms with van der Waals surface area (Å²) in [5.41, 5.74) is 1.11. The number of hydrogen-bond donors (Lipinski definition) is 2. The highest BCUT2D eigenvalue weighted by Gasteiger charge is 2.14. The predicted molar refractivity (Wildman–Crippen MR) is 97.5 cm³/mol. The van der Waals surface area contributed by atoms with E-state index in [1.54, 1.807) is 30.3 Å². The van der Waals surface area contributed by atoms with Gasteiger partial charge in [-0.05, 0) is 30.3 Å². The van der Waals surface area contributed by atoms with Gasteiger partial charge in [0.1, 0.15) is 5.82 Å². The second-order valence-corrected chi connectivity index (χ2v) is 5.64. The molecule has 2 aromatic carbocycles. The van der Waals surface area contributed by atoms with Crippen LogP contribution in [-0.4, -0.2) is 30.8 Å². The Kier molecular flexibility index (Phi) is 6.43. The number of hydrogen-bond acceptors (Lipinski definition) is 3. The fourth-order valence-corrected chi connectivity index (χ4v) is 2.44. The van der Waals surface area contributed by atoms with Gasteiger partial charge in [0, 0.05) is 38.3 Å². The molecular formula is C19H20FN3O3. The highest BCUT2D eigenvalue weighted by molar-refractivity contribution is 5.95. The molecule has 0 aliphatic rings. The number of carbonyl (C=O) groups excluding carboxylic acids is 3. The SMILES string of the molecule is CC(=O)Nc1cccc(N(CCNC(=O)c2ccccc2F)C(C)=O)c1. The van der Waals surface area contributed by atoms with Crippen LogP contribution < -0.4 is 15.5 Å². The van der Waals surface area contributed by atoms with Crippen molar-refractivity contribution in [2.45, 2.75) is 13.8 Å². The molecule has 136 valence electrons. The van der Waals surface area contributed by atoms with Gasteiger partial charge in [-0.2, -0.15) is 0 Å².